The van der Waals surface area contributed by atoms with Crippen molar-refractivity contribution in [1.29, 1.82) is 0 Å². The molecule has 21 heavy (non-hydrogen) atoms. The van der Waals surface area contributed by atoms with Gasteiger partial charge in [0.25, 0.3) is 5.69 Å². The van der Waals surface area contributed by atoms with Gasteiger partial charge in [0.05, 0.1) is 16.7 Å². The molecule has 0 radical (unpaired) electrons. The number of hydrogen-bond donors (Lipinski definition) is 1. The molecule has 1 heterocycles. The van der Waals surface area contributed by atoms with Gasteiger partial charge >= 0.3 is 0 Å². The molecule has 1 saturated heterocycles. The Morgan fingerprint density at radius 1 is 1.52 bits per heavy atom. The maximum absolute atomic E-state index is 14.2. The highest BCUT2D eigenvalue weighted by Crippen LogP contribution is 2.26. The van der Waals surface area contributed by atoms with Gasteiger partial charge in [-0.3, -0.25) is 10.1 Å². The topological polar surface area (TPSA) is 58.4 Å². The number of benzene rings is 1. The molecule has 1 aliphatic rings. The van der Waals surface area contributed by atoms with Gasteiger partial charge in [-0.2, -0.15) is 0 Å². The summed E-state index contributed by atoms with van der Waals surface area (Å²) in [6.45, 7) is 5.60. The molecule has 2 rings (SSSR count). The van der Waals surface area contributed by atoms with Crippen LogP contribution in [0.4, 0.5) is 15.8 Å². The summed E-state index contributed by atoms with van der Waals surface area (Å²) in [4.78, 5) is 12.1. The Labute approximate surface area is 124 Å². The summed E-state index contributed by atoms with van der Waals surface area (Å²) in [5.74, 6) is -0.0127. The molecule has 1 fully saturated rings. The lowest BCUT2D eigenvalue weighted by molar-refractivity contribution is -0.385. The largest absolute Gasteiger partial charge is 0.369 e. The maximum atomic E-state index is 14.2. The highest BCUT2D eigenvalue weighted by Gasteiger charge is 2.20. The van der Waals surface area contributed by atoms with Gasteiger partial charge in [-0.15, -0.1) is 0 Å². The quantitative estimate of drug-likeness (QED) is 0.647. The Kier molecular flexibility index (Phi) is 5.50. The molecule has 1 aromatic carbocycles. The average molecular weight is 295 g/mol. The van der Waals surface area contributed by atoms with E-state index in [1.807, 2.05) is 4.90 Å². The average Bonchev–Trinajstić information content (AvgIpc) is 2.48. The van der Waals surface area contributed by atoms with Gasteiger partial charge in [-0.25, -0.2) is 4.39 Å². The number of nitro groups is 1. The van der Waals surface area contributed by atoms with Crippen LogP contribution in [0.1, 0.15) is 26.2 Å². The molecule has 1 unspecified atom stereocenters. The fourth-order valence-corrected chi connectivity index (χ4v) is 2.84. The number of nitrogens with one attached hydrogen (secondary N) is 1. The normalized spacial score (nSPS) is 18.5. The van der Waals surface area contributed by atoms with Crippen molar-refractivity contribution in [2.45, 2.75) is 26.2 Å². The first kappa shape index (κ1) is 15.7. The molecule has 0 bridgehead atoms. The van der Waals surface area contributed by atoms with Gasteiger partial charge < -0.3 is 10.2 Å². The molecule has 0 aliphatic carbocycles. The summed E-state index contributed by atoms with van der Waals surface area (Å²) in [6.07, 6.45) is 3.20. The Balaban J connectivity index is 2.14. The van der Waals surface area contributed by atoms with E-state index in [1.54, 1.807) is 0 Å². The van der Waals surface area contributed by atoms with Crippen LogP contribution in [0.2, 0.25) is 0 Å². The van der Waals surface area contributed by atoms with Crippen molar-refractivity contribution in [3.63, 3.8) is 0 Å². The second kappa shape index (κ2) is 7.36. The van der Waals surface area contributed by atoms with Crippen LogP contribution >= 0.6 is 0 Å². The van der Waals surface area contributed by atoms with Gasteiger partial charge in [0, 0.05) is 19.2 Å². The van der Waals surface area contributed by atoms with Crippen molar-refractivity contribution < 1.29 is 9.31 Å². The maximum Gasteiger partial charge on any atom is 0.272 e. The van der Waals surface area contributed by atoms with E-state index in [9.17, 15) is 14.5 Å². The zero-order valence-corrected chi connectivity index (χ0v) is 12.3. The van der Waals surface area contributed by atoms with E-state index in [0.717, 1.165) is 51.5 Å². The number of anilines is 1. The summed E-state index contributed by atoms with van der Waals surface area (Å²) in [7, 11) is 0. The Morgan fingerprint density at radius 3 is 2.90 bits per heavy atom. The van der Waals surface area contributed by atoms with E-state index in [1.165, 1.54) is 12.1 Å². The van der Waals surface area contributed by atoms with Crippen molar-refractivity contribution in [1.82, 2.24) is 5.32 Å². The lowest BCUT2D eigenvalue weighted by atomic mass is 9.98. The standard InChI is InChI=1S/C15H22FN3O2/c1-2-8-18(11-12-4-3-7-17-10-12)15-6-5-13(19(20)21)9-14(15)16/h5-6,9,12,17H,2-4,7-8,10-11H2,1H3. The Morgan fingerprint density at radius 2 is 2.33 bits per heavy atom. The molecule has 6 heteroatoms. The number of nitrogens with zero attached hydrogens (tertiary/aromatic N) is 2. The van der Waals surface area contributed by atoms with E-state index in [4.69, 9.17) is 0 Å². The molecule has 0 aromatic heterocycles. The van der Waals surface area contributed by atoms with E-state index in [0.29, 0.717) is 11.6 Å². The Bertz CT molecular complexity index is 490. The van der Waals surface area contributed by atoms with E-state index >= 15 is 0 Å². The molecular weight excluding hydrogens is 273 g/mol. The van der Waals surface area contributed by atoms with Gasteiger partial charge in [0.15, 0.2) is 5.82 Å². The lowest BCUT2D eigenvalue weighted by Gasteiger charge is -2.31. The molecule has 0 spiro atoms. The van der Waals surface area contributed by atoms with E-state index < -0.39 is 10.7 Å². The highest BCUT2D eigenvalue weighted by atomic mass is 19.1. The number of rotatable bonds is 6. The third-order valence-electron chi connectivity index (χ3n) is 3.85. The van der Waals surface area contributed by atoms with Gasteiger partial charge in [-0.05, 0) is 44.3 Å². The fraction of sp³-hybridized carbons (Fsp3) is 0.600. The van der Waals surface area contributed by atoms with Gasteiger partial charge in [0.1, 0.15) is 0 Å². The van der Waals surface area contributed by atoms with E-state index in [2.05, 4.69) is 12.2 Å². The summed E-state index contributed by atoms with van der Waals surface area (Å²) < 4.78 is 14.2. The minimum Gasteiger partial charge on any atom is -0.369 e. The minimum atomic E-state index is -0.567. The molecule has 1 aromatic rings. The monoisotopic (exact) mass is 295 g/mol. The first-order valence-corrected chi connectivity index (χ1v) is 7.51. The molecule has 1 atom stereocenters. The smallest absolute Gasteiger partial charge is 0.272 e. The van der Waals surface area contributed by atoms with Crippen LogP contribution in [-0.4, -0.2) is 31.1 Å². The third kappa shape index (κ3) is 4.14. The second-order valence-electron chi connectivity index (χ2n) is 5.55. The predicted molar refractivity (Wildman–Crippen MR) is 81.2 cm³/mol. The minimum absolute atomic E-state index is 0.202. The SMILES string of the molecule is CCCN(CC1CCCNC1)c1ccc([N+](=O)[O-])cc1F. The fourth-order valence-electron chi connectivity index (χ4n) is 2.84. The molecule has 5 nitrogen and oxygen atoms in total. The molecule has 116 valence electrons. The number of hydrogen-bond acceptors (Lipinski definition) is 4. The Hall–Kier alpha value is -1.69. The molecule has 0 saturated carbocycles. The first-order valence-electron chi connectivity index (χ1n) is 7.51. The van der Waals surface area contributed by atoms with Crippen LogP contribution < -0.4 is 10.2 Å². The highest BCUT2D eigenvalue weighted by molar-refractivity contribution is 5.52. The van der Waals surface area contributed by atoms with Crippen LogP contribution in [0.25, 0.3) is 0 Å². The second-order valence-corrected chi connectivity index (χ2v) is 5.55. The van der Waals surface area contributed by atoms with Crippen LogP contribution in [0.15, 0.2) is 18.2 Å². The molecular formula is C15H22FN3O2. The van der Waals surface area contributed by atoms with Crippen molar-refractivity contribution in [2.24, 2.45) is 5.92 Å². The van der Waals surface area contributed by atoms with Crippen LogP contribution in [-0.2, 0) is 0 Å². The first-order chi connectivity index (χ1) is 10.1. The molecule has 1 N–H and O–H groups in total. The number of non-ortho nitro benzene ring substituents is 1. The summed E-state index contributed by atoms with van der Waals surface area (Å²) >= 11 is 0. The predicted octanol–water partition coefficient (Wildman–Crippen LogP) is 2.95. The molecule has 0 amide bonds. The van der Waals surface area contributed by atoms with Crippen molar-refractivity contribution >= 4 is 11.4 Å². The lowest BCUT2D eigenvalue weighted by Crippen LogP contribution is -2.39. The number of halogens is 1. The van der Waals surface area contributed by atoms with Crippen molar-refractivity contribution in [3.8, 4) is 0 Å². The summed E-state index contributed by atoms with van der Waals surface area (Å²) in [6, 6.07) is 3.91. The van der Waals surface area contributed by atoms with E-state index in [-0.39, 0.29) is 5.69 Å². The van der Waals surface area contributed by atoms with Crippen molar-refractivity contribution in [2.75, 3.05) is 31.1 Å². The zero-order valence-electron chi connectivity index (χ0n) is 12.3. The van der Waals surface area contributed by atoms with Crippen LogP contribution in [0.3, 0.4) is 0 Å². The number of piperidine rings is 1. The van der Waals surface area contributed by atoms with Crippen LogP contribution in [0, 0.1) is 21.8 Å². The van der Waals surface area contributed by atoms with Crippen molar-refractivity contribution in [3.05, 3.63) is 34.1 Å². The van der Waals surface area contributed by atoms with Gasteiger partial charge in [0.2, 0.25) is 0 Å². The third-order valence-corrected chi connectivity index (χ3v) is 3.85. The number of nitro benzene ring substituents is 1. The summed E-state index contributed by atoms with van der Waals surface area (Å²) in [5.41, 5.74) is 0.264. The summed E-state index contributed by atoms with van der Waals surface area (Å²) in [5, 5.41) is 14.1. The van der Waals surface area contributed by atoms with Crippen LogP contribution in [0.5, 0.6) is 0 Å². The van der Waals surface area contributed by atoms with Gasteiger partial charge in [-0.1, -0.05) is 6.92 Å². The zero-order chi connectivity index (χ0) is 15.2. The molecule has 1 aliphatic heterocycles.